The van der Waals surface area contributed by atoms with Crippen LogP contribution in [0.1, 0.15) is 22.3 Å². The van der Waals surface area contributed by atoms with Crippen LogP contribution in [0.3, 0.4) is 0 Å². The summed E-state index contributed by atoms with van der Waals surface area (Å²) in [5.74, 6) is 0.137. The number of para-hydroxylation sites is 3. The molecule has 2 heterocycles. The molecule has 0 aliphatic carbocycles. The molecule has 0 spiro atoms. The van der Waals surface area contributed by atoms with Gasteiger partial charge in [0.2, 0.25) is 0 Å². The Labute approximate surface area is 244 Å². The molecule has 8 nitrogen and oxygen atoms in total. The summed E-state index contributed by atoms with van der Waals surface area (Å²) in [6.07, 6.45) is 0.180. The van der Waals surface area contributed by atoms with Crippen LogP contribution in [-0.2, 0) is 21.6 Å². The largest absolute Gasteiger partial charge is 0.492 e. The number of rotatable bonds is 9. The van der Waals surface area contributed by atoms with E-state index in [1.165, 1.54) is 7.11 Å². The number of anilines is 2. The van der Waals surface area contributed by atoms with E-state index in [1.54, 1.807) is 0 Å². The molecular weight excluding hydrogens is 530 g/mol. The number of hydrogen-bond acceptors (Lipinski definition) is 8. The minimum atomic E-state index is -1.67. The second kappa shape index (κ2) is 10.9. The average molecular weight is 564 g/mol. The van der Waals surface area contributed by atoms with Gasteiger partial charge in [0.1, 0.15) is 17.9 Å². The van der Waals surface area contributed by atoms with Crippen LogP contribution in [0, 0.1) is 6.92 Å². The number of methoxy groups -OCH3 is 1. The van der Waals surface area contributed by atoms with Gasteiger partial charge < -0.3 is 29.2 Å². The number of carbonyl (C=O) groups excluding carboxylic acids is 1. The third-order valence-corrected chi connectivity index (χ3v) is 7.98. The van der Waals surface area contributed by atoms with Gasteiger partial charge >= 0.3 is 5.97 Å². The van der Waals surface area contributed by atoms with Crippen LogP contribution in [0.5, 0.6) is 5.75 Å². The average Bonchev–Trinajstić information content (AvgIpc) is 3.56. The highest BCUT2D eigenvalue weighted by molar-refractivity contribution is 5.92. The number of aliphatic hydroxyl groups is 1. The molecule has 2 unspecified atom stereocenters. The summed E-state index contributed by atoms with van der Waals surface area (Å²) in [6.45, 7) is 2.98. The lowest BCUT2D eigenvalue weighted by Crippen LogP contribution is -2.60. The highest BCUT2D eigenvalue weighted by Crippen LogP contribution is 2.52. The zero-order valence-corrected chi connectivity index (χ0v) is 23.8. The Hall–Kier alpha value is -4.82. The molecule has 0 fully saturated rings. The van der Waals surface area contributed by atoms with E-state index in [4.69, 9.17) is 13.9 Å². The number of oxazole rings is 1. The number of ether oxygens (including phenoxy) is 2. The number of carbonyl (C=O) groups is 1. The molecule has 1 aliphatic rings. The summed E-state index contributed by atoms with van der Waals surface area (Å²) in [6, 6.07) is 30.8. The van der Waals surface area contributed by atoms with Gasteiger partial charge in [-0.25, -0.2) is 4.79 Å². The second-order valence-corrected chi connectivity index (χ2v) is 10.7. The van der Waals surface area contributed by atoms with Crippen molar-refractivity contribution in [2.24, 2.45) is 0 Å². The van der Waals surface area contributed by atoms with Gasteiger partial charge in [0.05, 0.1) is 13.7 Å². The number of aromatic nitrogens is 1. The summed E-state index contributed by atoms with van der Waals surface area (Å²) >= 11 is 0. The van der Waals surface area contributed by atoms with Crippen LogP contribution in [0.4, 0.5) is 11.7 Å². The summed E-state index contributed by atoms with van der Waals surface area (Å²) in [4.78, 5) is 20.0. The minimum Gasteiger partial charge on any atom is -0.492 e. The van der Waals surface area contributed by atoms with E-state index in [0.29, 0.717) is 41.7 Å². The molecular formula is C34H33N3O5. The van der Waals surface area contributed by atoms with E-state index >= 15 is 0 Å². The van der Waals surface area contributed by atoms with Gasteiger partial charge in [-0.3, -0.25) is 0 Å². The SMILES string of the molecule is COC(=O)C1(Cc2ccc(OCCN(C)c3nc4ccccc4o3)cc2)Nc2ccccc2C1(O)c1ccc(C)cc1. The maximum atomic E-state index is 13.6. The molecule has 6 rings (SSSR count). The van der Waals surface area contributed by atoms with Crippen molar-refractivity contribution in [2.75, 3.05) is 37.5 Å². The molecule has 2 atom stereocenters. The lowest BCUT2D eigenvalue weighted by atomic mass is 9.70. The van der Waals surface area contributed by atoms with Crippen LogP contribution in [0.2, 0.25) is 0 Å². The molecule has 0 saturated heterocycles. The molecule has 42 heavy (non-hydrogen) atoms. The third-order valence-electron chi connectivity index (χ3n) is 7.98. The number of benzene rings is 4. The summed E-state index contributed by atoms with van der Waals surface area (Å²) in [5, 5.41) is 15.9. The molecule has 8 heteroatoms. The van der Waals surface area contributed by atoms with Gasteiger partial charge in [0.25, 0.3) is 6.01 Å². The topological polar surface area (TPSA) is 97.1 Å². The predicted molar refractivity (Wildman–Crippen MR) is 162 cm³/mol. The van der Waals surface area contributed by atoms with E-state index < -0.39 is 17.1 Å². The smallest absolute Gasteiger partial charge is 0.335 e. The second-order valence-electron chi connectivity index (χ2n) is 10.7. The van der Waals surface area contributed by atoms with Crippen LogP contribution in [0.25, 0.3) is 11.1 Å². The Morgan fingerprint density at radius 3 is 2.43 bits per heavy atom. The molecule has 214 valence electrons. The highest BCUT2D eigenvalue weighted by atomic mass is 16.5. The number of likely N-dealkylation sites (N-methyl/N-ethyl adjacent to an activating group) is 1. The van der Waals surface area contributed by atoms with Crippen molar-refractivity contribution in [2.45, 2.75) is 24.5 Å². The van der Waals surface area contributed by atoms with Gasteiger partial charge in [-0.2, -0.15) is 4.98 Å². The molecule has 0 amide bonds. The van der Waals surface area contributed by atoms with Gasteiger partial charge in [-0.05, 0) is 48.4 Å². The first-order chi connectivity index (χ1) is 20.3. The molecule has 1 aromatic heterocycles. The number of hydrogen-bond donors (Lipinski definition) is 2. The van der Waals surface area contributed by atoms with Crippen molar-refractivity contribution in [3.8, 4) is 5.75 Å². The van der Waals surface area contributed by atoms with E-state index in [0.717, 1.165) is 22.2 Å². The Kier molecular flexibility index (Phi) is 7.08. The van der Waals surface area contributed by atoms with Crippen LogP contribution >= 0.6 is 0 Å². The summed E-state index contributed by atoms with van der Waals surface area (Å²) in [5.41, 5.74) is 2.21. The predicted octanol–water partition coefficient (Wildman–Crippen LogP) is 5.47. The fourth-order valence-electron chi connectivity index (χ4n) is 5.70. The van der Waals surface area contributed by atoms with Crippen molar-refractivity contribution >= 4 is 28.8 Å². The Bertz CT molecular complexity index is 1680. The van der Waals surface area contributed by atoms with Crippen molar-refractivity contribution in [3.63, 3.8) is 0 Å². The maximum absolute atomic E-state index is 13.6. The molecule has 0 radical (unpaired) electrons. The zero-order valence-electron chi connectivity index (χ0n) is 23.8. The number of aryl methyl sites for hydroxylation is 1. The minimum absolute atomic E-state index is 0.180. The van der Waals surface area contributed by atoms with Gasteiger partial charge in [0.15, 0.2) is 16.7 Å². The maximum Gasteiger partial charge on any atom is 0.335 e. The van der Waals surface area contributed by atoms with Crippen molar-refractivity contribution in [1.82, 2.24) is 4.98 Å². The number of esters is 1. The van der Waals surface area contributed by atoms with Gasteiger partial charge in [-0.15, -0.1) is 0 Å². The molecule has 5 aromatic rings. The number of nitrogens with one attached hydrogen (secondary N) is 1. The van der Waals surface area contributed by atoms with Crippen molar-refractivity contribution in [3.05, 3.63) is 119 Å². The van der Waals surface area contributed by atoms with Crippen LogP contribution < -0.4 is 15.0 Å². The third kappa shape index (κ3) is 4.63. The Morgan fingerprint density at radius 1 is 0.976 bits per heavy atom. The molecule has 1 aliphatic heterocycles. The van der Waals surface area contributed by atoms with Gasteiger partial charge in [-0.1, -0.05) is 72.3 Å². The van der Waals surface area contributed by atoms with Gasteiger partial charge in [0, 0.05) is 24.7 Å². The van der Waals surface area contributed by atoms with E-state index in [2.05, 4.69) is 10.3 Å². The molecule has 4 aromatic carbocycles. The first kappa shape index (κ1) is 27.4. The first-order valence-corrected chi connectivity index (χ1v) is 13.9. The molecule has 2 N–H and O–H groups in total. The summed E-state index contributed by atoms with van der Waals surface area (Å²) < 4.78 is 17.2. The Morgan fingerprint density at radius 2 is 1.69 bits per heavy atom. The van der Waals surface area contributed by atoms with Crippen molar-refractivity contribution < 1.29 is 23.8 Å². The standard InChI is InChI=1S/C34H33N3O5/c1-23-12-16-25(17-13-23)34(39)27-8-4-5-9-28(27)36-33(34,31(38)40-3)22-24-14-18-26(19-15-24)41-21-20-37(2)32-35-29-10-6-7-11-30(29)42-32/h4-19,36,39H,20-22H2,1-3H3. The zero-order chi connectivity index (χ0) is 29.3. The normalized spacial score (nSPS) is 19.2. The Balaban J connectivity index is 1.21. The molecule has 0 saturated carbocycles. The molecule has 0 bridgehead atoms. The number of nitrogens with zero attached hydrogens (tertiary/aromatic N) is 2. The number of fused-ring (bicyclic) bond motifs is 2. The van der Waals surface area contributed by atoms with Crippen molar-refractivity contribution in [1.29, 1.82) is 0 Å². The van der Waals surface area contributed by atoms with E-state index in [9.17, 15) is 9.90 Å². The monoisotopic (exact) mass is 563 g/mol. The van der Waals surface area contributed by atoms with Crippen LogP contribution in [-0.4, -0.2) is 48.9 Å². The fourth-order valence-corrected chi connectivity index (χ4v) is 5.70. The summed E-state index contributed by atoms with van der Waals surface area (Å²) in [7, 11) is 3.25. The van der Waals surface area contributed by atoms with Crippen LogP contribution in [0.15, 0.2) is 101 Å². The lowest BCUT2D eigenvalue weighted by molar-refractivity contribution is -0.154. The fraction of sp³-hybridized carbons (Fsp3) is 0.235. The quantitative estimate of drug-likeness (QED) is 0.228. The lowest BCUT2D eigenvalue weighted by Gasteiger charge is -2.40. The van der Waals surface area contributed by atoms with E-state index in [-0.39, 0.29) is 6.42 Å². The first-order valence-electron chi connectivity index (χ1n) is 13.9. The highest BCUT2D eigenvalue weighted by Gasteiger charge is 2.63. The van der Waals surface area contributed by atoms with E-state index in [1.807, 2.05) is 116 Å².